The summed E-state index contributed by atoms with van der Waals surface area (Å²) in [7, 11) is 0. The fraction of sp³-hybridized carbons (Fsp3) is 0.417. The highest BCUT2D eigenvalue weighted by Gasteiger charge is 2.27. The second-order valence-corrected chi connectivity index (χ2v) is 5.18. The lowest BCUT2D eigenvalue weighted by molar-refractivity contribution is -0.125. The van der Waals surface area contributed by atoms with Gasteiger partial charge in [-0.3, -0.25) is 4.79 Å². The van der Waals surface area contributed by atoms with Crippen molar-refractivity contribution in [3.8, 4) is 5.75 Å². The van der Waals surface area contributed by atoms with Crippen LogP contribution in [0, 0.1) is 5.41 Å². The first kappa shape index (κ1) is 13.5. The molecule has 0 aliphatic rings. The zero-order chi connectivity index (χ0) is 12.2. The Morgan fingerprint density at radius 2 is 1.94 bits per heavy atom. The molecule has 1 rings (SSSR count). The third kappa shape index (κ3) is 3.80. The van der Waals surface area contributed by atoms with Gasteiger partial charge >= 0.3 is 0 Å². The van der Waals surface area contributed by atoms with Gasteiger partial charge in [0.15, 0.2) is 5.78 Å². The molecule has 0 N–H and O–H groups in total. The van der Waals surface area contributed by atoms with Gasteiger partial charge in [-0.25, -0.2) is 0 Å². The van der Waals surface area contributed by atoms with Crippen molar-refractivity contribution in [3.05, 3.63) is 29.3 Å². The van der Waals surface area contributed by atoms with Crippen LogP contribution >= 0.6 is 27.5 Å². The summed E-state index contributed by atoms with van der Waals surface area (Å²) in [6, 6.07) is 7.10. The van der Waals surface area contributed by atoms with Gasteiger partial charge in [0.2, 0.25) is 0 Å². The number of halogens is 2. The van der Waals surface area contributed by atoms with Crippen molar-refractivity contribution in [1.29, 1.82) is 0 Å². The van der Waals surface area contributed by atoms with Crippen LogP contribution in [0.1, 0.15) is 13.8 Å². The molecule has 0 radical (unpaired) electrons. The summed E-state index contributed by atoms with van der Waals surface area (Å²) in [6.45, 7) is 4.10. The predicted molar refractivity (Wildman–Crippen MR) is 69.5 cm³/mol. The molecule has 1 aromatic rings. The first-order valence-corrected chi connectivity index (χ1v) is 6.43. The number of rotatable bonds is 5. The zero-order valence-corrected chi connectivity index (χ0v) is 11.6. The van der Waals surface area contributed by atoms with Gasteiger partial charge in [-0.15, -0.1) is 0 Å². The van der Waals surface area contributed by atoms with Crippen LogP contribution in [0.3, 0.4) is 0 Å². The number of hydrogen-bond donors (Lipinski definition) is 0. The summed E-state index contributed by atoms with van der Waals surface area (Å²) < 4.78 is 5.55. The average Bonchev–Trinajstić information content (AvgIpc) is 2.27. The van der Waals surface area contributed by atoms with E-state index in [2.05, 4.69) is 15.9 Å². The van der Waals surface area contributed by atoms with Gasteiger partial charge in [-0.1, -0.05) is 27.5 Å². The second kappa shape index (κ2) is 5.69. The maximum atomic E-state index is 11.6. The molecule has 0 spiro atoms. The lowest BCUT2D eigenvalue weighted by Crippen LogP contribution is -2.31. The Morgan fingerprint density at radius 1 is 1.38 bits per heavy atom. The second-order valence-electron chi connectivity index (χ2n) is 4.18. The highest BCUT2D eigenvalue weighted by molar-refractivity contribution is 9.09. The third-order valence-electron chi connectivity index (χ3n) is 2.29. The molecule has 88 valence electrons. The van der Waals surface area contributed by atoms with Gasteiger partial charge in [0, 0.05) is 5.02 Å². The highest BCUT2D eigenvalue weighted by atomic mass is 79.9. The molecule has 0 fully saturated rings. The zero-order valence-electron chi connectivity index (χ0n) is 9.30. The first-order valence-electron chi connectivity index (χ1n) is 4.93. The van der Waals surface area contributed by atoms with Crippen molar-refractivity contribution < 1.29 is 9.53 Å². The van der Waals surface area contributed by atoms with Gasteiger partial charge in [-0.2, -0.15) is 0 Å². The number of alkyl halides is 1. The molecule has 0 saturated carbocycles. The quantitative estimate of drug-likeness (QED) is 0.775. The van der Waals surface area contributed by atoms with E-state index in [1.807, 2.05) is 13.8 Å². The largest absolute Gasteiger partial charge is 0.493 e. The fourth-order valence-corrected chi connectivity index (χ4v) is 1.94. The first-order chi connectivity index (χ1) is 7.45. The molecule has 0 aliphatic carbocycles. The number of ether oxygens (including phenoxy) is 1. The minimum absolute atomic E-state index is 0.126. The Balaban J connectivity index is 2.57. The number of benzene rings is 1. The molecule has 0 unspecified atom stereocenters. The lowest BCUT2D eigenvalue weighted by Gasteiger charge is -2.22. The van der Waals surface area contributed by atoms with E-state index in [1.165, 1.54) is 0 Å². The van der Waals surface area contributed by atoms with Gasteiger partial charge in [0.1, 0.15) is 12.4 Å². The summed E-state index contributed by atoms with van der Waals surface area (Å²) in [6.07, 6.45) is 0. The van der Waals surface area contributed by atoms with Crippen LogP contribution in [0.25, 0.3) is 0 Å². The standard InChI is InChI=1S/C12H14BrClO2/c1-12(2,11(15)7-13)8-16-10-5-3-9(14)4-6-10/h3-6H,7-8H2,1-2H3. The minimum Gasteiger partial charge on any atom is -0.493 e. The van der Waals surface area contributed by atoms with Crippen LogP contribution in [0.5, 0.6) is 5.75 Å². The van der Waals surface area contributed by atoms with E-state index in [9.17, 15) is 4.79 Å². The van der Waals surface area contributed by atoms with E-state index >= 15 is 0 Å². The summed E-state index contributed by atoms with van der Waals surface area (Å²) >= 11 is 8.92. The van der Waals surface area contributed by atoms with Gasteiger partial charge in [0.25, 0.3) is 0 Å². The Kier molecular flexibility index (Phi) is 4.81. The lowest BCUT2D eigenvalue weighted by atomic mass is 9.90. The summed E-state index contributed by atoms with van der Waals surface area (Å²) in [5.41, 5.74) is -0.483. The normalized spacial score (nSPS) is 11.2. The van der Waals surface area contributed by atoms with Crippen molar-refractivity contribution in [3.63, 3.8) is 0 Å². The smallest absolute Gasteiger partial charge is 0.152 e. The van der Waals surface area contributed by atoms with E-state index < -0.39 is 5.41 Å². The van der Waals surface area contributed by atoms with Crippen LogP contribution in [-0.4, -0.2) is 17.7 Å². The number of carbonyl (C=O) groups is 1. The van der Waals surface area contributed by atoms with Crippen LogP contribution in [0.2, 0.25) is 5.02 Å². The Hall–Kier alpha value is -0.540. The molecule has 0 saturated heterocycles. The van der Waals surface area contributed by atoms with Crippen molar-refractivity contribution in [2.75, 3.05) is 11.9 Å². The molecule has 0 aliphatic heterocycles. The van der Waals surface area contributed by atoms with Crippen molar-refractivity contribution in [2.45, 2.75) is 13.8 Å². The Bertz CT molecular complexity index is 360. The van der Waals surface area contributed by atoms with Gasteiger partial charge in [0.05, 0.1) is 10.7 Å². The summed E-state index contributed by atoms with van der Waals surface area (Å²) in [5, 5.41) is 1.02. The van der Waals surface area contributed by atoms with Crippen LogP contribution in [-0.2, 0) is 4.79 Å². The van der Waals surface area contributed by atoms with Crippen molar-refractivity contribution >= 4 is 33.3 Å². The van der Waals surface area contributed by atoms with E-state index in [1.54, 1.807) is 24.3 Å². The Morgan fingerprint density at radius 3 is 2.44 bits per heavy atom. The molecule has 4 heteroatoms. The monoisotopic (exact) mass is 304 g/mol. The number of hydrogen-bond acceptors (Lipinski definition) is 2. The molecule has 2 nitrogen and oxygen atoms in total. The highest BCUT2D eigenvalue weighted by Crippen LogP contribution is 2.21. The molecular weight excluding hydrogens is 291 g/mol. The van der Waals surface area contributed by atoms with Crippen LogP contribution < -0.4 is 4.74 Å². The number of Topliss-reactive ketones (excluding diaryl/α,β-unsaturated/α-hetero) is 1. The molecule has 0 bridgehead atoms. The van der Waals surface area contributed by atoms with Gasteiger partial charge < -0.3 is 4.74 Å². The van der Waals surface area contributed by atoms with Gasteiger partial charge in [-0.05, 0) is 38.1 Å². The van der Waals surface area contributed by atoms with Crippen LogP contribution in [0.4, 0.5) is 0 Å². The van der Waals surface area contributed by atoms with Crippen molar-refractivity contribution in [1.82, 2.24) is 0 Å². The molecule has 0 heterocycles. The molecule has 0 atom stereocenters. The third-order valence-corrected chi connectivity index (χ3v) is 3.05. The molecule has 0 amide bonds. The Labute approximate surface area is 109 Å². The minimum atomic E-state index is -0.483. The molecule has 1 aromatic carbocycles. The summed E-state index contributed by atoms with van der Waals surface area (Å²) in [4.78, 5) is 11.6. The van der Waals surface area contributed by atoms with E-state index in [0.29, 0.717) is 17.0 Å². The number of carbonyl (C=O) groups excluding carboxylic acids is 1. The van der Waals surface area contributed by atoms with E-state index in [-0.39, 0.29) is 5.78 Å². The van der Waals surface area contributed by atoms with E-state index in [0.717, 1.165) is 5.75 Å². The molecule has 0 aromatic heterocycles. The summed E-state index contributed by atoms with van der Waals surface area (Å²) in [5.74, 6) is 0.848. The maximum absolute atomic E-state index is 11.6. The maximum Gasteiger partial charge on any atom is 0.152 e. The SMILES string of the molecule is CC(C)(COc1ccc(Cl)cc1)C(=O)CBr. The van der Waals surface area contributed by atoms with Crippen LogP contribution in [0.15, 0.2) is 24.3 Å². The number of ketones is 1. The predicted octanol–water partition coefficient (Wildman–Crippen LogP) is 3.71. The molecule has 16 heavy (non-hydrogen) atoms. The average molecular weight is 306 g/mol. The fourth-order valence-electron chi connectivity index (χ4n) is 1.06. The molecular formula is C12H14BrClO2. The van der Waals surface area contributed by atoms with Crippen molar-refractivity contribution in [2.24, 2.45) is 5.41 Å². The topological polar surface area (TPSA) is 26.3 Å². The van der Waals surface area contributed by atoms with E-state index in [4.69, 9.17) is 16.3 Å².